The number of piperidine rings is 1. The molecule has 1 saturated carbocycles. The molecule has 0 bridgehead atoms. The number of hydrogen-bond acceptors (Lipinski definition) is 3. The van der Waals surface area contributed by atoms with Gasteiger partial charge in [0.15, 0.2) is 0 Å². The van der Waals surface area contributed by atoms with Crippen molar-refractivity contribution in [1.82, 2.24) is 5.32 Å². The molecular formula is C21H23N3O2. The molecule has 5 nitrogen and oxygen atoms in total. The number of anilines is 2. The van der Waals surface area contributed by atoms with Gasteiger partial charge in [0, 0.05) is 22.9 Å². The highest BCUT2D eigenvalue weighted by atomic mass is 16.2. The molecule has 1 aliphatic carbocycles. The van der Waals surface area contributed by atoms with Crippen molar-refractivity contribution in [3.8, 4) is 0 Å². The van der Waals surface area contributed by atoms with Gasteiger partial charge in [-0.2, -0.15) is 0 Å². The van der Waals surface area contributed by atoms with Gasteiger partial charge in [-0.05, 0) is 74.2 Å². The summed E-state index contributed by atoms with van der Waals surface area (Å²) in [6, 6.07) is 16.4. The first-order chi connectivity index (χ1) is 12.7. The molecule has 2 aliphatic rings. The van der Waals surface area contributed by atoms with E-state index in [1.807, 2.05) is 30.3 Å². The molecule has 0 radical (unpaired) electrons. The minimum absolute atomic E-state index is 0.105. The lowest BCUT2D eigenvalue weighted by atomic mass is 9.92. The van der Waals surface area contributed by atoms with Crippen molar-refractivity contribution < 1.29 is 9.59 Å². The van der Waals surface area contributed by atoms with Crippen LogP contribution >= 0.6 is 0 Å². The third-order valence-corrected chi connectivity index (χ3v) is 5.55. The van der Waals surface area contributed by atoms with E-state index >= 15 is 0 Å². The first-order valence-corrected chi connectivity index (χ1v) is 9.14. The maximum atomic E-state index is 12.5. The van der Waals surface area contributed by atoms with E-state index in [1.54, 1.807) is 24.3 Å². The summed E-state index contributed by atoms with van der Waals surface area (Å²) < 4.78 is 0. The Balaban J connectivity index is 1.34. The van der Waals surface area contributed by atoms with Crippen LogP contribution in [-0.4, -0.2) is 24.9 Å². The highest BCUT2D eigenvalue weighted by Gasteiger charge is 2.57. The van der Waals surface area contributed by atoms with Gasteiger partial charge in [0.2, 0.25) is 5.91 Å². The second-order valence-corrected chi connectivity index (χ2v) is 7.26. The summed E-state index contributed by atoms with van der Waals surface area (Å²) in [6.07, 6.45) is 3.17. The van der Waals surface area contributed by atoms with Crippen LogP contribution in [0.2, 0.25) is 0 Å². The Morgan fingerprint density at radius 2 is 1.54 bits per heavy atom. The molecule has 134 valence electrons. The van der Waals surface area contributed by atoms with E-state index in [2.05, 4.69) is 16.0 Å². The molecule has 0 aromatic heterocycles. The smallest absolute Gasteiger partial charge is 0.255 e. The summed E-state index contributed by atoms with van der Waals surface area (Å²) in [5.74, 6) is 0.0731. The Morgan fingerprint density at radius 1 is 0.885 bits per heavy atom. The van der Waals surface area contributed by atoms with Gasteiger partial charge in [0.1, 0.15) is 0 Å². The number of benzene rings is 2. The van der Waals surface area contributed by atoms with E-state index < -0.39 is 0 Å². The largest absolute Gasteiger partial charge is 0.326 e. The Bertz CT molecular complexity index is 796. The predicted octanol–water partition coefficient (Wildman–Crippen LogP) is 3.27. The zero-order valence-corrected chi connectivity index (χ0v) is 14.6. The van der Waals surface area contributed by atoms with Crippen LogP contribution in [0, 0.1) is 11.3 Å². The lowest BCUT2D eigenvalue weighted by Gasteiger charge is -2.23. The van der Waals surface area contributed by atoms with Gasteiger partial charge >= 0.3 is 0 Å². The number of rotatable bonds is 4. The molecule has 4 rings (SSSR count). The molecule has 1 atom stereocenters. The van der Waals surface area contributed by atoms with Gasteiger partial charge < -0.3 is 16.0 Å². The zero-order valence-electron chi connectivity index (χ0n) is 14.6. The van der Waals surface area contributed by atoms with Crippen molar-refractivity contribution in [2.24, 2.45) is 11.3 Å². The lowest BCUT2D eigenvalue weighted by molar-refractivity contribution is -0.118. The summed E-state index contributed by atoms with van der Waals surface area (Å²) in [5.41, 5.74) is 2.29. The maximum Gasteiger partial charge on any atom is 0.255 e. The SMILES string of the molecule is O=C(Nc1ccccc1)c1ccc(NC(=O)C2CC23CCNCC3)cc1. The van der Waals surface area contributed by atoms with Gasteiger partial charge in [-0.3, -0.25) is 9.59 Å². The zero-order chi connectivity index (χ0) is 18.0. The van der Waals surface area contributed by atoms with Crippen molar-refractivity contribution in [3.63, 3.8) is 0 Å². The van der Waals surface area contributed by atoms with Crippen LogP contribution in [0.25, 0.3) is 0 Å². The van der Waals surface area contributed by atoms with Crippen LogP contribution in [0.1, 0.15) is 29.6 Å². The van der Waals surface area contributed by atoms with Crippen LogP contribution in [0.4, 0.5) is 11.4 Å². The van der Waals surface area contributed by atoms with Crippen molar-refractivity contribution >= 4 is 23.2 Å². The molecule has 2 aromatic carbocycles. The fourth-order valence-corrected chi connectivity index (χ4v) is 3.85. The molecule has 1 spiro atoms. The summed E-state index contributed by atoms with van der Waals surface area (Å²) >= 11 is 0. The lowest BCUT2D eigenvalue weighted by Crippen LogP contribution is -2.31. The van der Waals surface area contributed by atoms with E-state index in [0.29, 0.717) is 5.56 Å². The van der Waals surface area contributed by atoms with Gasteiger partial charge in [0.05, 0.1) is 0 Å². The van der Waals surface area contributed by atoms with Gasteiger partial charge in [0.25, 0.3) is 5.91 Å². The van der Waals surface area contributed by atoms with Crippen LogP contribution in [0.5, 0.6) is 0 Å². The van der Waals surface area contributed by atoms with Crippen molar-refractivity contribution in [2.45, 2.75) is 19.3 Å². The second kappa shape index (κ2) is 6.92. The number of hydrogen-bond donors (Lipinski definition) is 3. The molecule has 26 heavy (non-hydrogen) atoms. The minimum Gasteiger partial charge on any atom is -0.326 e. The highest BCUT2D eigenvalue weighted by Crippen LogP contribution is 2.58. The van der Waals surface area contributed by atoms with Gasteiger partial charge in [-0.25, -0.2) is 0 Å². The Hall–Kier alpha value is -2.66. The third-order valence-electron chi connectivity index (χ3n) is 5.55. The van der Waals surface area contributed by atoms with Crippen molar-refractivity contribution in [1.29, 1.82) is 0 Å². The second-order valence-electron chi connectivity index (χ2n) is 7.26. The van der Waals surface area contributed by atoms with E-state index in [1.165, 1.54) is 0 Å². The predicted molar refractivity (Wildman–Crippen MR) is 102 cm³/mol. The first kappa shape index (κ1) is 16.8. The normalized spacial score (nSPS) is 20.4. The number of nitrogens with one attached hydrogen (secondary N) is 3. The molecule has 5 heteroatoms. The Morgan fingerprint density at radius 3 is 2.23 bits per heavy atom. The average molecular weight is 349 g/mol. The number of amides is 2. The number of carbonyl (C=O) groups is 2. The summed E-state index contributed by atoms with van der Waals surface area (Å²) in [7, 11) is 0. The molecule has 1 unspecified atom stereocenters. The topological polar surface area (TPSA) is 70.2 Å². The van der Waals surface area contributed by atoms with Crippen molar-refractivity contribution in [3.05, 3.63) is 60.2 Å². The van der Waals surface area contributed by atoms with Crippen LogP contribution in [0.15, 0.2) is 54.6 Å². The summed E-state index contributed by atoms with van der Waals surface area (Å²) in [4.78, 5) is 24.8. The molecule has 2 fully saturated rings. The van der Waals surface area contributed by atoms with Crippen LogP contribution < -0.4 is 16.0 Å². The molecule has 1 heterocycles. The van der Waals surface area contributed by atoms with E-state index in [-0.39, 0.29) is 23.1 Å². The average Bonchev–Trinajstić information content (AvgIpc) is 3.36. The quantitative estimate of drug-likeness (QED) is 0.793. The molecule has 2 aromatic rings. The van der Waals surface area contributed by atoms with Crippen LogP contribution in [0.3, 0.4) is 0 Å². The first-order valence-electron chi connectivity index (χ1n) is 9.14. The number of carbonyl (C=O) groups excluding carboxylic acids is 2. The fourth-order valence-electron chi connectivity index (χ4n) is 3.85. The Kier molecular flexibility index (Phi) is 4.47. The Labute approximate surface area is 153 Å². The van der Waals surface area contributed by atoms with E-state index in [4.69, 9.17) is 0 Å². The van der Waals surface area contributed by atoms with E-state index in [0.717, 1.165) is 43.7 Å². The molecular weight excluding hydrogens is 326 g/mol. The van der Waals surface area contributed by atoms with Crippen molar-refractivity contribution in [2.75, 3.05) is 23.7 Å². The third kappa shape index (κ3) is 3.48. The van der Waals surface area contributed by atoms with Crippen LogP contribution in [-0.2, 0) is 4.79 Å². The number of para-hydroxylation sites is 1. The molecule has 3 N–H and O–H groups in total. The molecule has 1 saturated heterocycles. The monoisotopic (exact) mass is 349 g/mol. The fraction of sp³-hybridized carbons (Fsp3) is 0.333. The molecule has 2 amide bonds. The molecule has 1 aliphatic heterocycles. The standard InChI is InChI=1S/C21H23N3O2/c25-19(23-16-4-2-1-3-5-16)15-6-8-17(9-7-15)24-20(26)18-14-21(18)10-12-22-13-11-21/h1-9,18,22H,10-14H2,(H,23,25)(H,24,26). The van der Waals surface area contributed by atoms with E-state index in [9.17, 15) is 9.59 Å². The highest BCUT2D eigenvalue weighted by molar-refractivity contribution is 6.04. The maximum absolute atomic E-state index is 12.5. The minimum atomic E-state index is -0.162. The summed E-state index contributed by atoms with van der Waals surface area (Å²) in [6.45, 7) is 2.02. The van der Waals surface area contributed by atoms with Gasteiger partial charge in [-0.15, -0.1) is 0 Å². The summed E-state index contributed by atoms with van der Waals surface area (Å²) in [5, 5.41) is 9.21. The van der Waals surface area contributed by atoms with Gasteiger partial charge in [-0.1, -0.05) is 18.2 Å².